The lowest BCUT2D eigenvalue weighted by Gasteiger charge is -2.22. The highest BCUT2D eigenvalue weighted by Crippen LogP contribution is 2.38. The van der Waals surface area contributed by atoms with Gasteiger partial charge in [0.1, 0.15) is 0 Å². The summed E-state index contributed by atoms with van der Waals surface area (Å²) < 4.78 is 0. The monoisotopic (exact) mass is 300 g/mol. The average molecular weight is 301 g/mol. The van der Waals surface area contributed by atoms with Crippen LogP contribution in [0.5, 0.6) is 0 Å². The van der Waals surface area contributed by atoms with E-state index in [-0.39, 0.29) is 5.38 Å². The molecule has 0 N–H and O–H groups in total. The van der Waals surface area contributed by atoms with Gasteiger partial charge in [-0.3, -0.25) is 0 Å². The topological polar surface area (TPSA) is 0 Å². The summed E-state index contributed by atoms with van der Waals surface area (Å²) in [4.78, 5) is 0. The van der Waals surface area contributed by atoms with Crippen LogP contribution >= 0.6 is 11.6 Å². The first-order valence-corrected chi connectivity index (χ1v) is 8.39. The molecule has 0 nitrogen and oxygen atoms in total. The van der Waals surface area contributed by atoms with E-state index >= 15 is 0 Å². The van der Waals surface area contributed by atoms with Gasteiger partial charge in [0.05, 0.1) is 5.38 Å². The number of hydrogen-bond donors (Lipinski definition) is 0. The smallest absolute Gasteiger partial charge is 0.0653 e. The molecule has 3 unspecified atom stereocenters. The van der Waals surface area contributed by atoms with Gasteiger partial charge in [-0.05, 0) is 35.4 Å². The van der Waals surface area contributed by atoms with Gasteiger partial charge >= 0.3 is 0 Å². The molecule has 0 saturated carbocycles. The van der Waals surface area contributed by atoms with E-state index in [1.54, 1.807) is 0 Å². The molecule has 3 atom stereocenters. The van der Waals surface area contributed by atoms with Crippen molar-refractivity contribution in [1.29, 1.82) is 0 Å². The van der Waals surface area contributed by atoms with Crippen LogP contribution in [0.3, 0.4) is 0 Å². The molecule has 0 bridgehead atoms. The first kappa shape index (κ1) is 16.1. The maximum Gasteiger partial charge on any atom is 0.0653 e. The number of alkyl halides is 1. The largest absolute Gasteiger partial charge is 0.117 e. The summed E-state index contributed by atoms with van der Waals surface area (Å²) >= 11 is 6.77. The zero-order chi connectivity index (χ0) is 15.2. The highest BCUT2D eigenvalue weighted by Gasteiger charge is 2.21. The number of hydrogen-bond acceptors (Lipinski definition) is 0. The predicted octanol–water partition coefficient (Wildman–Crippen LogP) is 6.67. The minimum absolute atomic E-state index is 0.0309. The first-order valence-electron chi connectivity index (χ1n) is 7.96. The quantitative estimate of drug-likeness (QED) is 0.522. The Morgan fingerprint density at radius 3 is 1.86 bits per heavy atom. The Kier molecular flexibility index (Phi) is 5.87. The van der Waals surface area contributed by atoms with Crippen molar-refractivity contribution in [3.63, 3.8) is 0 Å². The summed E-state index contributed by atoms with van der Waals surface area (Å²) in [7, 11) is 0. The third-order valence-corrected chi connectivity index (χ3v) is 5.01. The summed E-state index contributed by atoms with van der Waals surface area (Å²) in [6.45, 7) is 6.71. The van der Waals surface area contributed by atoms with Gasteiger partial charge in [0.15, 0.2) is 0 Å². The molecule has 0 spiro atoms. The molecule has 2 aromatic rings. The summed E-state index contributed by atoms with van der Waals surface area (Å²) in [5.41, 5.74) is 3.95. The van der Waals surface area contributed by atoms with Crippen molar-refractivity contribution < 1.29 is 0 Å². The molecule has 0 radical (unpaired) electrons. The summed E-state index contributed by atoms with van der Waals surface area (Å²) in [6, 6.07) is 19.5. The van der Waals surface area contributed by atoms with Gasteiger partial charge in [0.2, 0.25) is 0 Å². The highest BCUT2D eigenvalue weighted by molar-refractivity contribution is 6.21. The molecule has 0 aliphatic rings. The van der Waals surface area contributed by atoms with Crippen molar-refractivity contribution in [3.8, 4) is 0 Å². The van der Waals surface area contributed by atoms with Crippen LogP contribution in [0.2, 0.25) is 0 Å². The molecule has 0 aliphatic carbocycles. The Labute approximate surface area is 134 Å². The Morgan fingerprint density at radius 2 is 1.33 bits per heavy atom. The molecule has 0 fully saturated rings. The highest BCUT2D eigenvalue weighted by atomic mass is 35.5. The molecule has 0 aromatic heterocycles. The minimum atomic E-state index is 0.0309. The SMILES string of the molecule is CCC(C)c1ccc(C(Cl)C(CC)c2ccccc2)cc1. The van der Waals surface area contributed by atoms with Crippen LogP contribution in [0.25, 0.3) is 0 Å². The van der Waals surface area contributed by atoms with Gasteiger partial charge < -0.3 is 0 Å². The maximum atomic E-state index is 6.77. The van der Waals surface area contributed by atoms with Gasteiger partial charge in [-0.1, -0.05) is 75.4 Å². The zero-order valence-electron chi connectivity index (χ0n) is 13.2. The molecule has 0 aliphatic heterocycles. The van der Waals surface area contributed by atoms with Crippen molar-refractivity contribution in [2.24, 2.45) is 0 Å². The zero-order valence-corrected chi connectivity index (χ0v) is 14.0. The second kappa shape index (κ2) is 7.66. The van der Waals surface area contributed by atoms with Gasteiger partial charge in [-0.15, -0.1) is 11.6 Å². The van der Waals surface area contributed by atoms with Crippen molar-refractivity contribution in [2.75, 3.05) is 0 Å². The van der Waals surface area contributed by atoms with Crippen LogP contribution < -0.4 is 0 Å². The second-order valence-corrected chi connectivity index (χ2v) is 6.27. The standard InChI is InChI=1S/C20H25Cl/c1-4-15(3)16-11-13-18(14-12-16)20(21)19(5-2)17-9-7-6-8-10-17/h6-15,19-20H,4-5H2,1-3H3. The second-order valence-electron chi connectivity index (χ2n) is 5.80. The molecule has 2 rings (SSSR count). The molecular weight excluding hydrogens is 276 g/mol. The Morgan fingerprint density at radius 1 is 0.762 bits per heavy atom. The maximum absolute atomic E-state index is 6.77. The molecule has 0 saturated heterocycles. The lowest BCUT2D eigenvalue weighted by molar-refractivity contribution is 0.639. The van der Waals surface area contributed by atoms with E-state index in [4.69, 9.17) is 11.6 Å². The van der Waals surface area contributed by atoms with Crippen molar-refractivity contribution >= 4 is 11.6 Å². The van der Waals surface area contributed by atoms with Crippen LogP contribution in [0, 0.1) is 0 Å². The molecule has 1 heteroatoms. The van der Waals surface area contributed by atoms with E-state index in [0.29, 0.717) is 11.8 Å². The Hall–Kier alpha value is -1.27. The molecular formula is C20H25Cl. The summed E-state index contributed by atoms with van der Waals surface area (Å²) in [5.74, 6) is 0.978. The van der Waals surface area contributed by atoms with E-state index in [1.165, 1.54) is 23.1 Å². The van der Waals surface area contributed by atoms with Crippen molar-refractivity contribution in [3.05, 3.63) is 71.3 Å². The first-order chi connectivity index (χ1) is 10.2. The number of halogens is 1. The summed E-state index contributed by atoms with van der Waals surface area (Å²) in [6.07, 6.45) is 2.22. The molecule has 0 amide bonds. The van der Waals surface area contributed by atoms with E-state index in [1.807, 2.05) is 0 Å². The van der Waals surface area contributed by atoms with Crippen LogP contribution in [0.15, 0.2) is 54.6 Å². The van der Waals surface area contributed by atoms with Crippen LogP contribution in [0.1, 0.15) is 67.5 Å². The van der Waals surface area contributed by atoms with Crippen molar-refractivity contribution in [2.45, 2.75) is 50.8 Å². The Balaban J connectivity index is 2.20. The molecule has 112 valence electrons. The number of rotatable bonds is 6. The van der Waals surface area contributed by atoms with Crippen LogP contribution in [-0.4, -0.2) is 0 Å². The fourth-order valence-corrected chi connectivity index (χ4v) is 3.26. The van der Waals surface area contributed by atoms with Gasteiger partial charge in [-0.2, -0.15) is 0 Å². The summed E-state index contributed by atoms with van der Waals surface area (Å²) in [5, 5.41) is 0.0309. The van der Waals surface area contributed by atoms with Crippen LogP contribution in [-0.2, 0) is 0 Å². The third-order valence-electron chi connectivity index (χ3n) is 4.46. The van der Waals surface area contributed by atoms with Gasteiger partial charge in [-0.25, -0.2) is 0 Å². The predicted molar refractivity (Wildman–Crippen MR) is 93.2 cm³/mol. The minimum Gasteiger partial charge on any atom is -0.117 e. The fourth-order valence-electron chi connectivity index (χ4n) is 2.79. The van der Waals surface area contributed by atoms with Gasteiger partial charge in [0.25, 0.3) is 0 Å². The molecule has 2 aromatic carbocycles. The van der Waals surface area contributed by atoms with E-state index in [2.05, 4.69) is 75.4 Å². The van der Waals surface area contributed by atoms with E-state index in [9.17, 15) is 0 Å². The van der Waals surface area contributed by atoms with Crippen LogP contribution in [0.4, 0.5) is 0 Å². The molecule has 0 heterocycles. The lowest BCUT2D eigenvalue weighted by Crippen LogP contribution is -2.06. The van der Waals surface area contributed by atoms with Gasteiger partial charge in [0, 0.05) is 5.92 Å². The van der Waals surface area contributed by atoms with Crippen molar-refractivity contribution in [1.82, 2.24) is 0 Å². The molecule has 21 heavy (non-hydrogen) atoms. The third kappa shape index (κ3) is 3.89. The van der Waals surface area contributed by atoms with E-state index < -0.39 is 0 Å². The normalized spacial score (nSPS) is 15.4. The number of benzene rings is 2. The lowest BCUT2D eigenvalue weighted by atomic mass is 9.88. The van der Waals surface area contributed by atoms with E-state index in [0.717, 1.165) is 6.42 Å². The fraction of sp³-hybridized carbons (Fsp3) is 0.400. The Bertz CT molecular complexity index is 530. The average Bonchev–Trinajstić information content (AvgIpc) is 2.56.